The molecule has 7 heteroatoms. The predicted octanol–water partition coefficient (Wildman–Crippen LogP) is 4.45. The lowest BCUT2D eigenvalue weighted by atomic mass is 9.98. The fourth-order valence-corrected chi connectivity index (χ4v) is 4.34. The average Bonchev–Trinajstić information content (AvgIpc) is 3.09. The highest BCUT2D eigenvalue weighted by Crippen LogP contribution is 2.44. The van der Waals surface area contributed by atoms with Crippen molar-refractivity contribution in [1.29, 1.82) is 0 Å². The molecule has 0 fully saturated rings. The monoisotopic (exact) mass is 452 g/mol. The largest absolute Gasteiger partial charge is 0.481 e. The quantitative estimate of drug-likeness (QED) is 0.467. The van der Waals surface area contributed by atoms with Gasteiger partial charge in [0, 0.05) is 24.4 Å². The van der Waals surface area contributed by atoms with Gasteiger partial charge in [-0.3, -0.25) is 9.59 Å². The van der Waals surface area contributed by atoms with Crippen molar-refractivity contribution in [2.45, 2.75) is 64.0 Å². The number of fused-ring (bicyclic) bond motifs is 3. The van der Waals surface area contributed by atoms with E-state index in [1.807, 2.05) is 31.2 Å². The van der Waals surface area contributed by atoms with E-state index in [9.17, 15) is 14.4 Å². The Kier molecular flexibility index (Phi) is 8.46. The van der Waals surface area contributed by atoms with Crippen molar-refractivity contribution in [3.63, 3.8) is 0 Å². The van der Waals surface area contributed by atoms with E-state index in [-0.39, 0.29) is 31.3 Å². The van der Waals surface area contributed by atoms with Crippen LogP contribution in [0.4, 0.5) is 4.79 Å². The van der Waals surface area contributed by atoms with Gasteiger partial charge in [0.25, 0.3) is 0 Å². The highest BCUT2D eigenvalue weighted by molar-refractivity contribution is 5.80. The number of hydrogen-bond donors (Lipinski definition) is 3. The zero-order valence-electron chi connectivity index (χ0n) is 19.2. The Morgan fingerprint density at radius 1 is 0.970 bits per heavy atom. The maximum atomic E-state index is 12.4. The minimum atomic E-state index is -0.943. The molecule has 33 heavy (non-hydrogen) atoms. The molecule has 1 aliphatic rings. The molecule has 3 rings (SSSR count). The van der Waals surface area contributed by atoms with Crippen LogP contribution in [0.25, 0.3) is 11.1 Å². The van der Waals surface area contributed by atoms with E-state index in [1.165, 1.54) is 0 Å². The van der Waals surface area contributed by atoms with Gasteiger partial charge in [0.15, 0.2) is 0 Å². The summed E-state index contributed by atoms with van der Waals surface area (Å²) in [5.74, 6) is -1.26. The number of rotatable bonds is 11. The van der Waals surface area contributed by atoms with Crippen molar-refractivity contribution in [2.24, 2.45) is 0 Å². The van der Waals surface area contributed by atoms with Crippen molar-refractivity contribution < 1.29 is 24.2 Å². The summed E-state index contributed by atoms with van der Waals surface area (Å²) in [7, 11) is 0. The summed E-state index contributed by atoms with van der Waals surface area (Å²) in [6.45, 7) is 3.94. The third kappa shape index (κ3) is 6.57. The number of benzene rings is 2. The average molecular weight is 453 g/mol. The number of ether oxygens (including phenoxy) is 1. The molecule has 2 amide bonds. The maximum Gasteiger partial charge on any atom is 0.407 e. The minimum Gasteiger partial charge on any atom is -0.481 e. The van der Waals surface area contributed by atoms with Crippen LogP contribution in [0.2, 0.25) is 0 Å². The van der Waals surface area contributed by atoms with Crippen LogP contribution < -0.4 is 10.6 Å². The normalized spacial score (nSPS) is 14.0. The fourth-order valence-electron chi connectivity index (χ4n) is 4.34. The number of carboxylic acid groups (broad SMARTS) is 1. The van der Waals surface area contributed by atoms with E-state index < -0.39 is 24.1 Å². The van der Waals surface area contributed by atoms with Crippen molar-refractivity contribution in [3.05, 3.63) is 59.7 Å². The highest BCUT2D eigenvalue weighted by atomic mass is 16.5. The van der Waals surface area contributed by atoms with Crippen LogP contribution >= 0.6 is 0 Å². The Labute approximate surface area is 194 Å². The van der Waals surface area contributed by atoms with Gasteiger partial charge < -0.3 is 20.5 Å². The van der Waals surface area contributed by atoms with Gasteiger partial charge in [0.2, 0.25) is 5.91 Å². The molecular weight excluding hydrogens is 420 g/mol. The van der Waals surface area contributed by atoms with E-state index in [1.54, 1.807) is 6.92 Å². The Morgan fingerprint density at radius 3 is 2.15 bits per heavy atom. The summed E-state index contributed by atoms with van der Waals surface area (Å²) in [6.07, 6.45) is 1.73. The third-order valence-electron chi connectivity index (χ3n) is 5.89. The standard InChI is InChI=1S/C26H32N2O5/c1-3-4-9-18(15-25(30)31)28-24(29)14-17(2)27-26(32)33-16-23-21-12-7-5-10-19(21)20-11-6-8-13-22(20)23/h5-8,10-13,17-18,23H,3-4,9,14-16H2,1-2H3,(H,27,32)(H,28,29)(H,30,31). The summed E-state index contributed by atoms with van der Waals surface area (Å²) in [6, 6.07) is 15.4. The van der Waals surface area contributed by atoms with Crippen molar-refractivity contribution in [3.8, 4) is 11.1 Å². The van der Waals surface area contributed by atoms with Crippen LogP contribution in [0.3, 0.4) is 0 Å². The molecule has 1 aliphatic carbocycles. The summed E-state index contributed by atoms with van der Waals surface area (Å²) < 4.78 is 5.52. The second kappa shape index (κ2) is 11.5. The molecule has 0 bridgehead atoms. The van der Waals surface area contributed by atoms with Gasteiger partial charge in [-0.05, 0) is 35.6 Å². The molecule has 0 aliphatic heterocycles. The molecule has 2 atom stereocenters. The fraction of sp³-hybridized carbons (Fsp3) is 0.423. The molecule has 2 aromatic carbocycles. The Balaban J connectivity index is 1.50. The summed E-state index contributed by atoms with van der Waals surface area (Å²) >= 11 is 0. The molecule has 0 saturated carbocycles. The number of aliphatic carboxylic acids is 1. The van der Waals surface area contributed by atoms with Gasteiger partial charge in [0.05, 0.1) is 6.42 Å². The number of carboxylic acids is 1. The molecule has 0 radical (unpaired) electrons. The van der Waals surface area contributed by atoms with Gasteiger partial charge in [-0.1, -0.05) is 68.3 Å². The Hall–Kier alpha value is -3.35. The van der Waals surface area contributed by atoms with Crippen LogP contribution in [0.5, 0.6) is 0 Å². The predicted molar refractivity (Wildman–Crippen MR) is 126 cm³/mol. The maximum absolute atomic E-state index is 12.4. The van der Waals surface area contributed by atoms with E-state index in [0.29, 0.717) is 6.42 Å². The molecule has 0 heterocycles. The van der Waals surface area contributed by atoms with E-state index >= 15 is 0 Å². The number of alkyl carbamates (subject to hydrolysis) is 1. The van der Waals surface area contributed by atoms with Crippen LogP contribution in [0.15, 0.2) is 48.5 Å². The number of nitrogens with one attached hydrogen (secondary N) is 2. The van der Waals surface area contributed by atoms with E-state index in [4.69, 9.17) is 9.84 Å². The van der Waals surface area contributed by atoms with Gasteiger partial charge in [0.1, 0.15) is 6.61 Å². The number of unbranched alkanes of at least 4 members (excludes halogenated alkanes) is 1. The molecule has 7 nitrogen and oxygen atoms in total. The van der Waals surface area contributed by atoms with Crippen molar-refractivity contribution in [2.75, 3.05) is 6.61 Å². The first-order chi connectivity index (χ1) is 15.9. The lowest BCUT2D eigenvalue weighted by Gasteiger charge is -2.19. The molecule has 0 spiro atoms. The van der Waals surface area contributed by atoms with Crippen LogP contribution in [-0.4, -0.2) is 41.8 Å². The first kappa shape index (κ1) is 24.3. The zero-order valence-corrected chi connectivity index (χ0v) is 19.2. The highest BCUT2D eigenvalue weighted by Gasteiger charge is 2.29. The van der Waals surface area contributed by atoms with Gasteiger partial charge in [-0.15, -0.1) is 0 Å². The lowest BCUT2D eigenvalue weighted by Crippen LogP contribution is -2.41. The minimum absolute atomic E-state index is 0.0305. The molecule has 176 valence electrons. The van der Waals surface area contributed by atoms with E-state index in [0.717, 1.165) is 35.1 Å². The summed E-state index contributed by atoms with van der Waals surface area (Å²) in [5, 5.41) is 14.5. The first-order valence-electron chi connectivity index (χ1n) is 11.5. The number of carbonyl (C=O) groups excluding carboxylic acids is 2. The summed E-state index contributed by atoms with van der Waals surface area (Å²) in [4.78, 5) is 35.7. The molecule has 3 N–H and O–H groups in total. The molecular formula is C26H32N2O5. The first-order valence-corrected chi connectivity index (χ1v) is 11.5. The summed E-state index contributed by atoms with van der Waals surface area (Å²) in [5.41, 5.74) is 4.59. The van der Waals surface area contributed by atoms with Crippen LogP contribution in [0, 0.1) is 0 Å². The second-order valence-electron chi connectivity index (χ2n) is 8.58. The topological polar surface area (TPSA) is 105 Å². The molecule has 2 aromatic rings. The van der Waals surface area contributed by atoms with Crippen LogP contribution in [0.1, 0.15) is 63.0 Å². The van der Waals surface area contributed by atoms with E-state index in [2.05, 4.69) is 34.9 Å². The molecule has 0 saturated heterocycles. The number of amides is 2. The van der Waals surface area contributed by atoms with Crippen LogP contribution in [-0.2, 0) is 14.3 Å². The lowest BCUT2D eigenvalue weighted by molar-refractivity contribution is -0.137. The third-order valence-corrected chi connectivity index (χ3v) is 5.89. The molecule has 0 aromatic heterocycles. The second-order valence-corrected chi connectivity index (χ2v) is 8.58. The Morgan fingerprint density at radius 2 is 1.58 bits per heavy atom. The number of hydrogen-bond acceptors (Lipinski definition) is 4. The smallest absolute Gasteiger partial charge is 0.407 e. The molecule has 2 unspecified atom stereocenters. The van der Waals surface area contributed by atoms with Gasteiger partial charge >= 0.3 is 12.1 Å². The van der Waals surface area contributed by atoms with Gasteiger partial charge in [-0.2, -0.15) is 0 Å². The Bertz CT molecular complexity index is 945. The SMILES string of the molecule is CCCCC(CC(=O)O)NC(=O)CC(C)NC(=O)OCC1c2ccccc2-c2ccccc21. The number of carbonyl (C=O) groups is 3. The van der Waals surface area contributed by atoms with Crippen molar-refractivity contribution >= 4 is 18.0 Å². The zero-order chi connectivity index (χ0) is 23.8. The van der Waals surface area contributed by atoms with Gasteiger partial charge in [-0.25, -0.2) is 4.79 Å². The van der Waals surface area contributed by atoms with Crippen molar-refractivity contribution in [1.82, 2.24) is 10.6 Å².